The van der Waals surface area contributed by atoms with E-state index in [2.05, 4.69) is 16.0 Å². The lowest BCUT2D eigenvalue weighted by atomic mass is 10.1. The predicted octanol–water partition coefficient (Wildman–Crippen LogP) is 1.29. The molecule has 3 N–H and O–H groups in total. The number of nitrogens with zero attached hydrogens (tertiary/aromatic N) is 1. The van der Waals surface area contributed by atoms with Crippen LogP contribution in [0.4, 0.5) is 11.4 Å². The maximum Gasteiger partial charge on any atom is 0.244 e. The van der Waals surface area contributed by atoms with Gasteiger partial charge in [0.05, 0.1) is 11.4 Å². The maximum absolute atomic E-state index is 12.4. The molecule has 1 aromatic carbocycles. The molecule has 1 atom stereocenters. The first-order valence-electron chi connectivity index (χ1n) is 8.20. The minimum atomic E-state index is -0.231. The smallest absolute Gasteiger partial charge is 0.244 e. The monoisotopic (exact) mass is 368 g/mol. The van der Waals surface area contributed by atoms with Crippen molar-refractivity contribution in [1.29, 1.82) is 0 Å². The molecule has 1 heterocycles. The molecule has 0 bridgehead atoms. The molecular formula is C17H25ClN4O3. The van der Waals surface area contributed by atoms with Gasteiger partial charge in [0.1, 0.15) is 6.54 Å². The second-order valence-electron chi connectivity index (χ2n) is 5.81. The molecule has 0 radical (unpaired) electrons. The average molecular weight is 369 g/mol. The summed E-state index contributed by atoms with van der Waals surface area (Å²) >= 11 is 0. The summed E-state index contributed by atoms with van der Waals surface area (Å²) in [4.78, 5) is 37.4. The van der Waals surface area contributed by atoms with Crippen molar-refractivity contribution in [2.75, 3.05) is 29.9 Å². The molecule has 7 nitrogen and oxygen atoms in total. The molecule has 0 aliphatic carbocycles. The van der Waals surface area contributed by atoms with Gasteiger partial charge >= 0.3 is 0 Å². The Balaban J connectivity index is 0.00000312. The van der Waals surface area contributed by atoms with Crippen LogP contribution < -0.4 is 20.9 Å². The van der Waals surface area contributed by atoms with E-state index in [9.17, 15) is 14.4 Å². The summed E-state index contributed by atoms with van der Waals surface area (Å²) < 4.78 is 0. The van der Waals surface area contributed by atoms with Gasteiger partial charge in [0.2, 0.25) is 17.7 Å². The van der Waals surface area contributed by atoms with E-state index in [0.29, 0.717) is 17.9 Å². The fourth-order valence-electron chi connectivity index (χ4n) is 2.59. The molecule has 0 unspecified atom stereocenters. The Morgan fingerprint density at radius 2 is 2.00 bits per heavy atom. The molecule has 25 heavy (non-hydrogen) atoms. The highest BCUT2D eigenvalue weighted by atomic mass is 35.5. The van der Waals surface area contributed by atoms with Crippen molar-refractivity contribution in [2.45, 2.75) is 32.7 Å². The quantitative estimate of drug-likeness (QED) is 0.676. The van der Waals surface area contributed by atoms with Gasteiger partial charge in [-0.2, -0.15) is 0 Å². The Hall–Kier alpha value is -2.12. The summed E-state index contributed by atoms with van der Waals surface area (Å²) in [5.74, 6) is -0.624. The number of hydrogen-bond donors (Lipinski definition) is 3. The zero-order chi connectivity index (χ0) is 17.5. The van der Waals surface area contributed by atoms with Crippen LogP contribution in [0.1, 0.15) is 26.7 Å². The van der Waals surface area contributed by atoms with Crippen molar-refractivity contribution in [3.05, 3.63) is 24.3 Å². The molecule has 3 amide bonds. The number of amides is 3. The van der Waals surface area contributed by atoms with E-state index in [4.69, 9.17) is 0 Å². The largest absolute Gasteiger partial charge is 0.355 e. The first kappa shape index (κ1) is 20.9. The molecule has 0 aromatic heterocycles. The Bertz CT molecular complexity index is 624. The number of benzene rings is 1. The number of hydrogen-bond acceptors (Lipinski definition) is 4. The second-order valence-corrected chi connectivity index (χ2v) is 5.81. The topological polar surface area (TPSA) is 90.5 Å². The van der Waals surface area contributed by atoms with Gasteiger partial charge in [0.15, 0.2) is 0 Å². The number of fused-ring (bicyclic) bond motifs is 1. The highest BCUT2D eigenvalue weighted by Gasteiger charge is 2.26. The van der Waals surface area contributed by atoms with E-state index in [1.54, 1.807) is 18.2 Å². The predicted molar refractivity (Wildman–Crippen MR) is 100 cm³/mol. The van der Waals surface area contributed by atoms with Gasteiger partial charge in [0, 0.05) is 25.4 Å². The van der Waals surface area contributed by atoms with Crippen molar-refractivity contribution >= 4 is 41.5 Å². The molecule has 1 aliphatic heterocycles. The summed E-state index contributed by atoms with van der Waals surface area (Å²) in [6.45, 7) is 5.33. The molecule has 0 saturated carbocycles. The van der Waals surface area contributed by atoms with E-state index < -0.39 is 0 Å². The van der Waals surface area contributed by atoms with Crippen LogP contribution in [0.5, 0.6) is 0 Å². The number of halogens is 1. The highest BCUT2D eigenvalue weighted by Crippen LogP contribution is 2.29. The van der Waals surface area contributed by atoms with Crippen molar-refractivity contribution in [1.82, 2.24) is 10.6 Å². The van der Waals surface area contributed by atoms with Crippen molar-refractivity contribution in [3.63, 3.8) is 0 Å². The number of carbonyl (C=O) groups excluding carboxylic acids is 3. The van der Waals surface area contributed by atoms with E-state index in [1.165, 1.54) is 4.90 Å². The van der Waals surface area contributed by atoms with Crippen molar-refractivity contribution in [3.8, 4) is 0 Å². The Labute approximate surface area is 153 Å². The molecule has 0 saturated heterocycles. The fourth-order valence-corrected chi connectivity index (χ4v) is 2.59. The summed E-state index contributed by atoms with van der Waals surface area (Å²) in [5, 5.41) is 8.74. The lowest BCUT2D eigenvalue weighted by Crippen LogP contribution is -2.43. The SMILES string of the molecule is CCN[C@H](C)CNC(=O)CCC(=O)N1CC(=O)Nc2ccccc21.Cl. The third kappa shape index (κ3) is 6.03. The zero-order valence-electron chi connectivity index (χ0n) is 14.5. The number of likely N-dealkylation sites (N-methyl/N-ethyl adjacent to an activating group) is 1. The number of anilines is 2. The average Bonchev–Trinajstić information content (AvgIpc) is 2.57. The summed E-state index contributed by atoms with van der Waals surface area (Å²) in [6, 6.07) is 7.33. The van der Waals surface area contributed by atoms with E-state index in [0.717, 1.165) is 6.54 Å². The van der Waals surface area contributed by atoms with Gasteiger partial charge in [-0.25, -0.2) is 0 Å². The van der Waals surface area contributed by atoms with Gasteiger partial charge in [-0.15, -0.1) is 12.4 Å². The molecule has 1 aliphatic rings. The second kappa shape index (κ2) is 10.0. The van der Waals surface area contributed by atoms with Crippen LogP contribution in [0.25, 0.3) is 0 Å². The molecule has 1 aromatic rings. The third-order valence-electron chi connectivity index (χ3n) is 3.80. The van der Waals surface area contributed by atoms with Gasteiger partial charge in [-0.05, 0) is 25.6 Å². The van der Waals surface area contributed by atoms with E-state index >= 15 is 0 Å². The van der Waals surface area contributed by atoms with Crippen molar-refractivity contribution < 1.29 is 14.4 Å². The molecule has 138 valence electrons. The summed E-state index contributed by atoms with van der Waals surface area (Å²) in [7, 11) is 0. The van der Waals surface area contributed by atoms with Crippen LogP contribution in [-0.2, 0) is 14.4 Å². The van der Waals surface area contributed by atoms with Crippen LogP contribution in [0.15, 0.2) is 24.3 Å². The van der Waals surface area contributed by atoms with Crippen molar-refractivity contribution in [2.24, 2.45) is 0 Å². The Morgan fingerprint density at radius 1 is 1.28 bits per heavy atom. The normalized spacial score (nSPS) is 14.0. The standard InChI is InChI=1S/C17H24N4O3.ClH/c1-3-18-12(2)10-19-15(22)8-9-17(24)21-11-16(23)20-13-6-4-5-7-14(13)21;/h4-7,12,18H,3,8-11H2,1-2H3,(H,19,22)(H,20,23);1H/t12-;/m1./s1. The zero-order valence-corrected chi connectivity index (χ0v) is 15.3. The summed E-state index contributed by atoms with van der Waals surface area (Å²) in [6.07, 6.45) is 0.182. The summed E-state index contributed by atoms with van der Waals surface area (Å²) in [5.41, 5.74) is 1.29. The first-order chi connectivity index (χ1) is 11.5. The Morgan fingerprint density at radius 3 is 2.72 bits per heavy atom. The Kier molecular flexibility index (Phi) is 8.37. The van der Waals surface area contributed by atoms with Gasteiger partial charge in [-0.1, -0.05) is 19.1 Å². The minimum absolute atomic E-state index is 0. The highest BCUT2D eigenvalue weighted by molar-refractivity contribution is 6.10. The lowest BCUT2D eigenvalue weighted by molar-refractivity contribution is -0.125. The van der Waals surface area contributed by atoms with Gasteiger partial charge < -0.3 is 20.9 Å². The van der Waals surface area contributed by atoms with E-state index in [1.807, 2.05) is 19.9 Å². The first-order valence-corrected chi connectivity index (χ1v) is 8.20. The molecule has 8 heteroatoms. The molecular weight excluding hydrogens is 344 g/mol. The van der Waals surface area contributed by atoms with Crippen LogP contribution in [0.2, 0.25) is 0 Å². The minimum Gasteiger partial charge on any atom is -0.355 e. The van der Waals surface area contributed by atoms with Crippen LogP contribution in [0.3, 0.4) is 0 Å². The maximum atomic E-state index is 12.4. The van der Waals surface area contributed by atoms with Crippen LogP contribution in [0, 0.1) is 0 Å². The van der Waals surface area contributed by atoms with Gasteiger partial charge in [0.25, 0.3) is 0 Å². The third-order valence-corrected chi connectivity index (χ3v) is 3.80. The number of carbonyl (C=O) groups is 3. The molecule has 0 spiro atoms. The van der Waals surface area contributed by atoms with E-state index in [-0.39, 0.29) is 55.6 Å². The number of nitrogens with one attached hydrogen (secondary N) is 3. The van der Waals surface area contributed by atoms with Gasteiger partial charge in [-0.3, -0.25) is 14.4 Å². The number of rotatable bonds is 7. The van der Waals surface area contributed by atoms with Crippen LogP contribution >= 0.6 is 12.4 Å². The fraction of sp³-hybridized carbons (Fsp3) is 0.471. The lowest BCUT2D eigenvalue weighted by Gasteiger charge is -2.29. The molecule has 2 rings (SSSR count). The van der Waals surface area contributed by atoms with Crippen LogP contribution in [-0.4, -0.2) is 43.4 Å². The number of para-hydroxylation sites is 2. The molecule has 0 fully saturated rings.